The molecule has 0 bridgehead atoms. The molecule has 14 heteroatoms. The van der Waals surface area contributed by atoms with E-state index in [0.717, 1.165) is 99.8 Å². The molecule has 0 saturated carbocycles. The molecule has 0 atom stereocenters. The smallest absolute Gasteiger partial charge is 0.343 e. The van der Waals surface area contributed by atoms with E-state index in [2.05, 4.69) is 18.8 Å². The number of nitrogens with two attached hydrogens (primary N) is 6. The van der Waals surface area contributed by atoms with Gasteiger partial charge in [-0.15, -0.1) is 0 Å². The van der Waals surface area contributed by atoms with Crippen LogP contribution in [0.15, 0.2) is 182 Å². The molecular formula is C61H69N7O7. The van der Waals surface area contributed by atoms with E-state index in [4.69, 9.17) is 53.3 Å². The van der Waals surface area contributed by atoms with Crippen LogP contribution in [0, 0.1) is 0 Å². The summed E-state index contributed by atoms with van der Waals surface area (Å²) in [4.78, 5) is 35.3. The molecule has 0 aliphatic rings. The number of anilines is 7. The fourth-order valence-electron chi connectivity index (χ4n) is 7.09. The van der Waals surface area contributed by atoms with Crippen molar-refractivity contribution >= 4 is 79.3 Å². The first-order valence-corrected chi connectivity index (χ1v) is 24.8. The maximum Gasteiger partial charge on any atom is 0.343 e. The average molecular weight is 1010 g/mol. The maximum absolute atomic E-state index is 12.6. The highest BCUT2D eigenvalue weighted by Gasteiger charge is 2.11. The Hall–Kier alpha value is -9.17. The second-order valence-corrected chi connectivity index (χ2v) is 17.4. The first-order valence-electron chi connectivity index (χ1n) is 24.8. The van der Waals surface area contributed by atoms with Gasteiger partial charge in [-0.2, -0.15) is 0 Å². The number of ether oxygens (including phenoxy) is 4. The number of nitrogen functional groups attached to an aromatic ring is 6. The number of hydrogen-bond acceptors (Lipinski definition) is 14. The van der Waals surface area contributed by atoms with Gasteiger partial charge in [0, 0.05) is 73.5 Å². The van der Waals surface area contributed by atoms with Crippen LogP contribution in [0.4, 0.5) is 39.8 Å². The summed E-state index contributed by atoms with van der Waals surface area (Å²) in [6.07, 6.45) is 5.56. The molecule has 390 valence electrons. The highest BCUT2D eigenvalue weighted by atomic mass is 16.5. The van der Waals surface area contributed by atoms with Crippen LogP contribution in [0.2, 0.25) is 0 Å². The second kappa shape index (κ2) is 30.0. The third-order valence-electron chi connectivity index (χ3n) is 11.4. The van der Waals surface area contributed by atoms with Crippen molar-refractivity contribution in [1.29, 1.82) is 0 Å². The highest BCUT2D eigenvalue weighted by molar-refractivity contribution is 6.01. The standard InChI is InChI=1S/C34H36N2O5.C11H15NO2.C10H10N2.C6H8N2/c1-24(2)33(37)40-22-8-4-3-7-21-39-27-17-13-26(14-18-27)34(38)41-28-15-11-25(12-16-28)23-36-32-20-19-31(35)29-9-5-6-10-30(29)32;1-2-3-8-14-11(13)9-4-6-10(12)7-5-9;11-9-5-6-10(12)8-4-2-1-3-7(8)9;7-5-1-2-6(8)4-3-5/h5-6,9-20,36H,1,3-4,7-8,21-23,35H2,2H3;4-7H,2-3,8,12H2,1H3;1-6H,11-12H2;1-4H,7-8H2. The molecule has 0 spiro atoms. The zero-order valence-corrected chi connectivity index (χ0v) is 42.8. The van der Waals surface area contributed by atoms with Crippen LogP contribution in [0.1, 0.15) is 78.7 Å². The summed E-state index contributed by atoms with van der Waals surface area (Å²) in [5.74, 6) is 0.127. The lowest BCUT2D eigenvalue weighted by molar-refractivity contribution is -0.139. The molecule has 0 unspecified atom stereocenters. The lowest BCUT2D eigenvalue weighted by Gasteiger charge is -2.12. The van der Waals surface area contributed by atoms with Crippen molar-refractivity contribution in [3.05, 3.63) is 199 Å². The lowest BCUT2D eigenvalue weighted by atomic mass is 10.1. The molecule has 8 aromatic rings. The Balaban J connectivity index is 0.000000244. The fraction of sp³-hybridized carbons (Fsp3) is 0.197. The van der Waals surface area contributed by atoms with E-state index < -0.39 is 5.97 Å². The Labute approximate surface area is 439 Å². The van der Waals surface area contributed by atoms with Crippen molar-refractivity contribution in [3.63, 3.8) is 0 Å². The SMILES string of the molecule is C=C(C)C(=O)OCCCCCCOc1ccc(C(=O)Oc2ccc(CNc3ccc(N)c4ccccc34)cc2)cc1.CCCCOC(=O)c1ccc(N)cc1.Nc1ccc(N)c2ccccc12.Nc1ccc(N)cc1. The molecule has 8 rings (SSSR count). The van der Waals surface area contributed by atoms with Crippen molar-refractivity contribution in [2.24, 2.45) is 0 Å². The molecule has 13 N–H and O–H groups in total. The lowest BCUT2D eigenvalue weighted by Crippen LogP contribution is -2.08. The summed E-state index contributed by atoms with van der Waals surface area (Å²) in [6.45, 7) is 9.34. The van der Waals surface area contributed by atoms with Gasteiger partial charge in [0.25, 0.3) is 0 Å². The molecule has 0 heterocycles. The fourth-order valence-corrected chi connectivity index (χ4v) is 7.09. The number of esters is 3. The third-order valence-corrected chi connectivity index (χ3v) is 11.4. The number of unbranched alkanes of at least 4 members (excludes halogenated alkanes) is 4. The number of nitrogens with one attached hydrogen (secondary N) is 1. The molecule has 0 saturated heterocycles. The van der Waals surface area contributed by atoms with Crippen LogP contribution in [-0.4, -0.2) is 37.7 Å². The third kappa shape index (κ3) is 19.1. The Morgan fingerprint density at radius 2 is 0.907 bits per heavy atom. The van der Waals surface area contributed by atoms with Crippen molar-refractivity contribution in [2.45, 2.75) is 58.9 Å². The van der Waals surface area contributed by atoms with E-state index in [1.54, 1.807) is 91.9 Å². The van der Waals surface area contributed by atoms with Crippen LogP contribution in [0.3, 0.4) is 0 Å². The molecule has 75 heavy (non-hydrogen) atoms. The quantitative estimate of drug-likeness (QED) is 0.0139. The molecule has 0 aliphatic heterocycles. The van der Waals surface area contributed by atoms with Gasteiger partial charge in [-0.05, 0) is 154 Å². The minimum absolute atomic E-state index is 0.279. The zero-order valence-electron chi connectivity index (χ0n) is 42.8. The van der Waals surface area contributed by atoms with Crippen LogP contribution < -0.4 is 49.2 Å². The van der Waals surface area contributed by atoms with Gasteiger partial charge in [-0.25, -0.2) is 14.4 Å². The molecule has 8 aromatic carbocycles. The number of fused-ring (bicyclic) bond motifs is 2. The normalized spacial score (nSPS) is 10.3. The predicted octanol–water partition coefficient (Wildman–Crippen LogP) is 12.4. The van der Waals surface area contributed by atoms with E-state index in [1.807, 2.05) is 84.9 Å². The van der Waals surface area contributed by atoms with Gasteiger partial charge < -0.3 is 58.7 Å². The van der Waals surface area contributed by atoms with Crippen LogP contribution in [0.5, 0.6) is 11.5 Å². The van der Waals surface area contributed by atoms with Gasteiger partial charge in [-0.1, -0.05) is 80.6 Å². The van der Waals surface area contributed by atoms with Crippen molar-refractivity contribution in [1.82, 2.24) is 0 Å². The maximum atomic E-state index is 12.6. The Morgan fingerprint density at radius 3 is 1.44 bits per heavy atom. The summed E-state index contributed by atoms with van der Waals surface area (Å²) >= 11 is 0. The summed E-state index contributed by atoms with van der Waals surface area (Å²) in [6, 6.07) is 51.6. The topological polar surface area (TPSA) is 256 Å². The summed E-state index contributed by atoms with van der Waals surface area (Å²) in [5.41, 5.74) is 41.8. The van der Waals surface area contributed by atoms with E-state index in [-0.39, 0.29) is 11.9 Å². The van der Waals surface area contributed by atoms with E-state index in [9.17, 15) is 14.4 Å². The van der Waals surface area contributed by atoms with E-state index >= 15 is 0 Å². The van der Waals surface area contributed by atoms with Gasteiger partial charge in [0.15, 0.2) is 0 Å². The van der Waals surface area contributed by atoms with Gasteiger partial charge in [-0.3, -0.25) is 0 Å². The Bertz CT molecular complexity index is 3010. The molecule has 0 aliphatic carbocycles. The minimum Gasteiger partial charge on any atom is -0.494 e. The molecule has 0 fully saturated rings. The van der Waals surface area contributed by atoms with Gasteiger partial charge in [0.2, 0.25) is 0 Å². The molecular weight excluding hydrogens is 943 g/mol. The number of hydrogen-bond donors (Lipinski definition) is 7. The van der Waals surface area contributed by atoms with E-state index in [1.165, 1.54) is 0 Å². The Kier molecular flexibility index (Phi) is 22.7. The minimum atomic E-state index is -0.428. The average Bonchev–Trinajstić information content (AvgIpc) is 3.42. The zero-order chi connectivity index (χ0) is 54.0. The molecule has 0 radical (unpaired) electrons. The number of carbonyl (C=O) groups excluding carboxylic acids is 3. The number of benzene rings is 8. The van der Waals surface area contributed by atoms with Gasteiger partial charge >= 0.3 is 17.9 Å². The van der Waals surface area contributed by atoms with Crippen LogP contribution in [0.25, 0.3) is 21.5 Å². The second-order valence-electron chi connectivity index (χ2n) is 17.4. The van der Waals surface area contributed by atoms with Crippen molar-refractivity contribution in [3.8, 4) is 11.5 Å². The first kappa shape index (κ1) is 56.7. The van der Waals surface area contributed by atoms with Gasteiger partial charge in [0.1, 0.15) is 11.5 Å². The summed E-state index contributed by atoms with van der Waals surface area (Å²) < 4.78 is 21.4. The molecule has 14 nitrogen and oxygen atoms in total. The van der Waals surface area contributed by atoms with Crippen LogP contribution in [-0.2, 0) is 20.8 Å². The van der Waals surface area contributed by atoms with Crippen LogP contribution >= 0.6 is 0 Å². The largest absolute Gasteiger partial charge is 0.494 e. The number of rotatable bonds is 18. The Morgan fingerprint density at radius 1 is 0.467 bits per heavy atom. The van der Waals surface area contributed by atoms with Gasteiger partial charge in [0.05, 0.1) is 30.9 Å². The summed E-state index contributed by atoms with van der Waals surface area (Å²) in [7, 11) is 0. The molecule has 0 aromatic heterocycles. The predicted molar refractivity (Wildman–Crippen MR) is 307 cm³/mol. The summed E-state index contributed by atoms with van der Waals surface area (Å²) in [5, 5.41) is 7.61. The van der Waals surface area contributed by atoms with Crippen molar-refractivity contribution in [2.75, 3.05) is 59.5 Å². The molecule has 0 amide bonds. The monoisotopic (exact) mass is 1010 g/mol. The number of carbonyl (C=O) groups is 3. The highest BCUT2D eigenvalue weighted by Crippen LogP contribution is 2.29. The first-order chi connectivity index (χ1) is 36.2. The van der Waals surface area contributed by atoms with E-state index in [0.29, 0.717) is 60.3 Å². The van der Waals surface area contributed by atoms with Crippen molar-refractivity contribution < 1.29 is 33.3 Å².